The maximum atomic E-state index is 12.9. The zero-order valence-electron chi connectivity index (χ0n) is 17.6. The van der Waals surface area contributed by atoms with Crippen molar-refractivity contribution in [3.63, 3.8) is 0 Å². The molecule has 0 aromatic heterocycles. The van der Waals surface area contributed by atoms with Crippen LogP contribution in [0.1, 0.15) is 25.0 Å². The zero-order chi connectivity index (χ0) is 21.9. The van der Waals surface area contributed by atoms with Gasteiger partial charge in [0.2, 0.25) is 11.8 Å². The van der Waals surface area contributed by atoms with E-state index in [1.807, 2.05) is 74.5 Å². The second-order valence-corrected chi connectivity index (χ2v) is 7.29. The number of benzene rings is 2. The molecule has 0 fully saturated rings. The lowest BCUT2D eigenvalue weighted by Gasteiger charge is -2.25. The summed E-state index contributed by atoms with van der Waals surface area (Å²) in [6.07, 6.45) is -0.345. The molecular formula is C23H29N3O4. The molecule has 0 saturated heterocycles. The highest BCUT2D eigenvalue weighted by atomic mass is 16.5. The largest absolute Gasteiger partial charge is 0.445 e. The molecule has 160 valence electrons. The van der Waals surface area contributed by atoms with Crippen molar-refractivity contribution in [2.45, 2.75) is 39.0 Å². The number of nitrogens with one attached hydrogen (secondary N) is 3. The number of likely N-dealkylation sites (N-methyl/N-ethyl adjacent to an activating group) is 1. The molecule has 0 aliphatic carbocycles. The quantitative estimate of drug-likeness (QED) is 0.590. The minimum Gasteiger partial charge on any atom is -0.445 e. The van der Waals surface area contributed by atoms with Gasteiger partial charge in [0.15, 0.2) is 0 Å². The lowest BCUT2D eigenvalue weighted by atomic mass is 10.0. The summed E-state index contributed by atoms with van der Waals surface area (Å²) < 4.78 is 5.22. The summed E-state index contributed by atoms with van der Waals surface area (Å²) in [5.74, 6) is -0.941. The summed E-state index contributed by atoms with van der Waals surface area (Å²) in [6.45, 7) is 3.73. The lowest BCUT2D eigenvalue weighted by molar-refractivity contribution is -0.130. The fraction of sp³-hybridized carbons (Fsp3) is 0.348. The van der Waals surface area contributed by atoms with Gasteiger partial charge in [0.25, 0.3) is 0 Å². The molecule has 0 heterocycles. The van der Waals surface area contributed by atoms with Crippen molar-refractivity contribution in [1.82, 2.24) is 16.0 Å². The molecule has 3 N–H and O–H groups in total. The summed E-state index contributed by atoms with van der Waals surface area (Å²) in [6, 6.07) is 17.1. The number of hydrogen-bond acceptors (Lipinski definition) is 4. The lowest BCUT2D eigenvalue weighted by Crippen LogP contribution is -2.55. The maximum Gasteiger partial charge on any atom is 0.408 e. The van der Waals surface area contributed by atoms with Crippen LogP contribution in [-0.2, 0) is 27.4 Å². The van der Waals surface area contributed by atoms with Crippen LogP contribution in [0.5, 0.6) is 0 Å². The van der Waals surface area contributed by atoms with Crippen LogP contribution >= 0.6 is 0 Å². The molecule has 3 amide bonds. The number of ether oxygens (including phenoxy) is 1. The first-order chi connectivity index (χ1) is 14.4. The second kappa shape index (κ2) is 11.6. The summed E-state index contributed by atoms with van der Waals surface area (Å²) in [7, 11) is 1.52. The number of amides is 3. The highest BCUT2D eigenvalue weighted by Gasteiger charge is 2.29. The normalized spacial score (nSPS) is 12.5. The second-order valence-electron chi connectivity index (χ2n) is 7.29. The minimum atomic E-state index is -0.837. The van der Waals surface area contributed by atoms with Gasteiger partial charge in [-0.15, -0.1) is 0 Å². The third kappa shape index (κ3) is 7.24. The molecule has 0 spiro atoms. The van der Waals surface area contributed by atoms with E-state index in [-0.39, 0.29) is 18.4 Å². The Morgan fingerprint density at radius 1 is 0.833 bits per heavy atom. The van der Waals surface area contributed by atoms with Crippen molar-refractivity contribution < 1.29 is 19.1 Å². The summed E-state index contributed by atoms with van der Waals surface area (Å²) >= 11 is 0. The fourth-order valence-corrected chi connectivity index (χ4v) is 2.92. The molecule has 2 aromatic rings. The van der Waals surface area contributed by atoms with Gasteiger partial charge in [-0.1, -0.05) is 74.5 Å². The van der Waals surface area contributed by atoms with Crippen molar-refractivity contribution in [1.29, 1.82) is 0 Å². The van der Waals surface area contributed by atoms with Gasteiger partial charge in [-0.05, 0) is 17.0 Å². The van der Waals surface area contributed by atoms with E-state index in [2.05, 4.69) is 16.0 Å². The SMILES string of the molecule is CNC(=O)[C@H](Cc1ccccc1)NC(=O)[C@@H](NC(=O)OCc1ccccc1)C(C)C. The van der Waals surface area contributed by atoms with Crippen molar-refractivity contribution in [2.75, 3.05) is 7.05 Å². The Hall–Kier alpha value is -3.35. The Bertz CT molecular complexity index is 825. The van der Waals surface area contributed by atoms with Gasteiger partial charge in [0.05, 0.1) is 0 Å². The molecule has 2 aromatic carbocycles. The van der Waals surface area contributed by atoms with E-state index in [1.165, 1.54) is 7.05 Å². The van der Waals surface area contributed by atoms with Crippen LogP contribution in [0.3, 0.4) is 0 Å². The van der Waals surface area contributed by atoms with Crippen molar-refractivity contribution >= 4 is 17.9 Å². The van der Waals surface area contributed by atoms with Crippen LogP contribution in [0.25, 0.3) is 0 Å². The first kappa shape index (κ1) is 22.9. The molecule has 2 atom stereocenters. The molecule has 0 aliphatic rings. The topological polar surface area (TPSA) is 96.5 Å². The van der Waals surface area contributed by atoms with Crippen LogP contribution in [0.4, 0.5) is 4.79 Å². The molecule has 0 saturated carbocycles. The van der Waals surface area contributed by atoms with Crippen molar-refractivity contribution in [3.05, 3.63) is 71.8 Å². The molecule has 30 heavy (non-hydrogen) atoms. The molecular weight excluding hydrogens is 382 g/mol. The molecule has 0 radical (unpaired) electrons. The van der Waals surface area contributed by atoms with E-state index in [0.29, 0.717) is 6.42 Å². The third-order valence-electron chi connectivity index (χ3n) is 4.60. The number of carbonyl (C=O) groups is 3. The molecule has 0 unspecified atom stereocenters. The van der Waals surface area contributed by atoms with Crippen molar-refractivity contribution in [2.24, 2.45) is 5.92 Å². The number of alkyl carbamates (subject to hydrolysis) is 1. The summed E-state index contributed by atoms with van der Waals surface area (Å²) in [5.41, 5.74) is 1.77. The van der Waals surface area contributed by atoms with Gasteiger partial charge in [0.1, 0.15) is 18.7 Å². The molecule has 7 nitrogen and oxygen atoms in total. The van der Waals surface area contributed by atoms with Crippen molar-refractivity contribution in [3.8, 4) is 0 Å². The average Bonchev–Trinajstić information content (AvgIpc) is 2.76. The van der Waals surface area contributed by atoms with Gasteiger partial charge < -0.3 is 20.7 Å². The molecule has 0 bridgehead atoms. The zero-order valence-corrected chi connectivity index (χ0v) is 17.6. The van der Waals surface area contributed by atoms with E-state index in [0.717, 1.165) is 11.1 Å². The third-order valence-corrected chi connectivity index (χ3v) is 4.60. The average molecular weight is 412 g/mol. The van der Waals surface area contributed by atoms with E-state index in [4.69, 9.17) is 4.74 Å². The van der Waals surface area contributed by atoms with Gasteiger partial charge in [-0.25, -0.2) is 4.79 Å². The standard InChI is InChI=1S/C23H29N3O4/c1-16(2)20(26-23(29)30-15-18-12-8-5-9-13-18)22(28)25-19(21(27)24-3)14-17-10-6-4-7-11-17/h4-13,16,19-20H,14-15H2,1-3H3,(H,24,27)(H,25,28)(H,26,29)/t19-,20-/m0/s1. The van der Waals surface area contributed by atoms with Gasteiger partial charge in [0, 0.05) is 13.5 Å². The molecule has 0 aliphatic heterocycles. The van der Waals surface area contributed by atoms with Crippen LogP contribution in [-0.4, -0.2) is 37.0 Å². The number of hydrogen-bond donors (Lipinski definition) is 3. The Balaban J connectivity index is 1.99. The Labute approximate surface area is 177 Å². The number of carbonyl (C=O) groups excluding carboxylic acids is 3. The predicted molar refractivity (Wildman–Crippen MR) is 115 cm³/mol. The Kier molecular flexibility index (Phi) is 8.87. The van der Waals surface area contributed by atoms with Gasteiger partial charge in [-0.2, -0.15) is 0 Å². The van der Waals surface area contributed by atoms with Crippen LogP contribution < -0.4 is 16.0 Å². The van der Waals surface area contributed by atoms with E-state index in [1.54, 1.807) is 0 Å². The first-order valence-corrected chi connectivity index (χ1v) is 9.93. The van der Waals surface area contributed by atoms with Crippen LogP contribution in [0.2, 0.25) is 0 Å². The fourth-order valence-electron chi connectivity index (χ4n) is 2.92. The van der Waals surface area contributed by atoms with Crippen LogP contribution in [0, 0.1) is 5.92 Å². The minimum absolute atomic E-state index is 0.105. The maximum absolute atomic E-state index is 12.9. The van der Waals surface area contributed by atoms with Gasteiger partial charge >= 0.3 is 6.09 Å². The molecule has 7 heteroatoms. The highest BCUT2D eigenvalue weighted by Crippen LogP contribution is 2.08. The van der Waals surface area contributed by atoms with Crippen LogP contribution in [0.15, 0.2) is 60.7 Å². The van der Waals surface area contributed by atoms with Gasteiger partial charge in [-0.3, -0.25) is 9.59 Å². The van der Waals surface area contributed by atoms with E-state index >= 15 is 0 Å². The van der Waals surface area contributed by atoms with E-state index < -0.39 is 24.1 Å². The van der Waals surface area contributed by atoms with E-state index in [9.17, 15) is 14.4 Å². The monoisotopic (exact) mass is 411 g/mol. The first-order valence-electron chi connectivity index (χ1n) is 9.93. The molecule has 2 rings (SSSR count). The number of rotatable bonds is 9. The smallest absolute Gasteiger partial charge is 0.408 e. The Morgan fingerprint density at radius 2 is 1.40 bits per heavy atom. The highest BCUT2D eigenvalue weighted by molar-refractivity contribution is 5.91. The summed E-state index contributed by atoms with van der Waals surface area (Å²) in [4.78, 5) is 37.4. The Morgan fingerprint density at radius 3 is 1.93 bits per heavy atom. The summed E-state index contributed by atoms with van der Waals surface area (Å²) in [5, 5.41) is 7.94. The predicted octanol–water partition coefficient (Wildman–Crippen LogP) is 2.41.